The maximum Gasteiger partial charge on any atom is 0.237 e. The lowest BCUT2D eigenvalue weighted by molar-refractivity contribution is 0.377. The van der Waals surface area contributed by atoms with Crippen LogP contribution >= 0.6 is 0 Å². The van der Waals surface area contributed by atoms with Gasteiger partial charge in [-0.2, -0.15) is 5.10 Å². The van der Waals surface area contributed by atoms with E-state index in [0.29, 0.717) is 18.0 Å². The van der Waals surface area contributed by atoms with E-state index in [1.165, 1.54) is 0 Å². The largest absolute Gasteiger partial charge is 0.480 e. The second-order valence-electron chi connectivity index (χ2n) is 4.65. The number of methoxy groups -OCH3 is 1. The van der Waals surface area contributed by atoms with Gasteiger partial charge >= 0.3 is 0 Å². The number of hydrazine groups is 1. The first kappa shape index (κ1) is 14.4. The lowest BCUT2D eigenvalue weighted by Crippen LogP contribution is -2.31. The quantitative estimate of drug-likeness (QED) is 0.613. The van der Waals surface area contributed by atoms with Gasteiger partial charge in [-0.05, 0) is 25.8 Å². The van der Waals surface area contributed by atoms with Crippen LogP contribution in [0.1, 0.15) is 28.7 Å². The molecule has 0 aliphatic heterocycles. The van der Waals surface area contributed by atoms with E-state index >= 15 is 0 Å². The molecule has 0 saturated heterocycles. The van der Waals surface area contributed by atoms with Gasteiger partial charge in [0, 0.05) is 25.1 Å². The minimum Gasteiger partial charge on any atom is -0.480 e. The van der Waals surface area contributed by atoms with Crippen LogP contribution in [0.3, 0.4) is 0 Å². The summed E-state index contributed by atoms with van der Waals surface area (Å²) in [7, 11) is 3.50. The lowest BCUT2D eigenvalue weighted by atomic mass is 10.0. The molecule has 108 valence electrons. The first-order chi connectivity index (χ1) is 9.58. The van der Waals surface area contributed by atoms with Crippen molar-refractivity contribution in [3.8, 4) is 5.88 Å². The highest BCUT2D eigenvalue weighted by Gasteiger charge is 2.21. The minimum atomic E-state index is -0.180. The molecule has 1 unspecified atom stereocenters. The Bertz CT molecular complexity index is 595. The summed E-state index contributed by atoms with van der Waals surface area (Å²) in [6, 6.07) is -0.180. The number of aryl methyl sites for hydroxylation is 2. The summed E-state index contributed by atoms with van der Waals surface area (Å²) in [5, 5.41) is 4.42. The second-order valence-corrected chi connectivity index (χ2v) is 4.65. The Kier molecular flexibility index (Phi) is 4.31. The van der Waals surface area contributed by atoms with Crippen LogP contribution in [0.4, 0.5) is 0 Å². The number of nitrogens with zero attached hydrogens (tertiary/aromatic N) is 4. The average Bonchev–Trinajstić information content (AvgIpc) is 2.70. The van der Waals surface area contributed by atoms with E-state index in [-0.39, 0.29) is 6.04 Å². The van der Waals surface area contributed by atoms with E-state index in [1.54, 1.807) is 19.5 Å². The van der Waals surface area contributed by atoms with E-state index in [1.807, 2.05) is 25.6 Å². The predicted octanol–water partition coefficient (Wildman–Crippen LogP) is 0.583. The zero-order chi connectivity index (χ0) is 14.7. The fourth-order valence-electron chi connectivity index (χ4n) is 2.28. The molecular formula is C13H20N6O. The molecule has 0 amide bonds. The van der Waals surface area contributed by atoms with E-state index in [4.69, 9.17) is 10.6 Å². The molecule has 2 aromatic heterocycles. The molecule has 1 atom stereocenters. The highest BCUT2D eigenvalue weighted by atomic mass is 16.5. The van der Waals surface area contributed by atoms with Crippen molar-refractivity contribution in [1.82, 2.24) is 25.2 Å². The van der Waals surface area contributed by atoms with Gasteiger partial charge in [-0.15, -0.1) is 0 Å². The maximum atomic E-state index is 5.68. The zero-order valence-corrected chi connectivity index (χ0v) is 12.2. The highest BCUT2D eigenvalue weighted by Crippen LogP contribution is 2.25. The smallest absolute Gasteiger partial charge is 0.237 e. The normalized spacial score (nSPS) is 12.4. The summed E-state index contributed by atoms with van der Waals surface area (Å²) in [5.41, 5.74) is 6.75. The van der Waals surface area contributed by atoms with Crippen molar-refractivity contribution in [2.24, 2.45) is 12.9 Å². The summed E-state index contributed by atoms with van der Waals surface area (Å²) >= 11 is 0. The fraction of sp³-hybridized carbons (Fsp3) is 0.462. The molecule has 7 nitrogen and oxygen atoms in total. The predicted molar refractivity (Wildman–Crippen MR) is 75.0 cm³/mol. The van der Waals surface area contributed by atoms with Gasteiger partial charge in [0.2, 0.25) is 5.88 Å². The van der Waals surface area contributed by atoms with Crippen LogP contribution in [-0.4, -0.2) is 26.9 Å². The summed E-state index contributed by atoms with van der Waals surface area (Å²) in [6.07, 6.45) is 3.90. The molecule has 20 heavy (non-hydrogen) atoms. The summed E-state index contributed by atoms with van der Waals surface area (Å²) in [5.74, 6) is 6.16. The van der Waals surface area contributed by atoms with Gasteiger partial charge in [0.1, 0.15) is 5.69 Å². The molecule has 0 bridgehead atoms. The van der Waals surface area contributed by atoms with Crippen molar-refractivity contribution in [3.63, 3.8) is 0 Å². The molecule has 0 aliphatic carbocycles. The van der Waals surface area contributed by atoms with Crippen molar-refractivity contribution >= 4 is 0 Å². The number of ether oxygens (including phenoxy) is 1. The molecule has 2 rings (SSSR count). The Morgan fingerprint density at radius 1 is 1.35 bits per heavy atom. The Balaban J connectivity index is 2.34. The van der Waals surface area contributed by atoms with Crippen LogP contribution < -0.4 is 16.0 Å². The van der Waals surface area contributed by atoms with Crippen LogP contribution in [0.5, 0.6) is 5.88 Å². The van der Waals surface area contributed by atoms with E-state index in [0.717, 1.165) is 17.0 Å². The molecular weight excluding hydrogens is 256 g/mol. The van der Waals surface area contributed by atoms with Crippen molar-refractivity contribution in [3.05, 3.63) is 35.0 Å². The van der Waals surface area contributed by atoms with Crippen LogP contribution in [-0.2, 0) is 13.5 Å². The topological polar surface area (TPSA) is 90.9 Å². The third-order valence-electron chi connectivity index (χ3n) is 3.48. The number of aromatic nitrogens is 4. The molecule has 7 heteroatoms. The van der Waals surface area contributed by atoms with Crippen molar-refractivity contribution in [1.29, 1.82) is 0 Å². The third-order valence-corrected chi connectivity index (χ3v) is 3.48. The first-order valence-electron chi connectivity index (χ1n) is 6.38. The summed E-state index contributed by atoms with van der Waals surface area (Å²) in [6.45, 7) is 4.03. The second kappa shape index (κ2) is 5.98. The number of hydrogen-bond donors (Lipinski definition) is 2. The van der Waals surface area contributed by atoms with Gasteiger partial charge in [0.25, 0.3) is 0 Å². The molecule has 0 radical (unpaired) electrons. The van der Waals surface area contributed by atoms with Crippen molar-refractivity contribution in [2.45, 2.75) is 26.3 Å². The summed E-state index contributed by atoms with van der Waals surface area (Å²) in [4.78, 5) is 8.48. The monoisotopic (exact) mass is 276 g/mol. The fourth-order valence-corrected chi connectivity index (χ4v) is 2.28. The van der Waals surface area contributed by atoms with Gasteiger partial charge in [0.05, 0.1) is 18.8 Å². The molecule has 2 heterocycles. The minimum absolute atomic E-state index is 0.180. The number of rotatable bonds is 5. The molecule has 0 spiro atoms. The standard InChI is InChI=1S/C13H20N6O/c1-8-10(9(2)19(3)18-8)7-11(17-14)12-13(20-4)16-6-5-15-12/h5-6,11,17H,7,14H2,1-4H3. The van der Waals surface area contributed by atoms with Crippen LogP contribution in [0, 0.1) is 13.8 Å². The molecule has 0 aliphatic rings. The average molecular weight is 276 g/mol. The van der Waals surface area contributed by atoms with E-state index in [9.17, 15) is 0 Å². The van der Waals surface area contributed by atoms with E-state index in [2.05, 4.69) is 20.5 Å². The Labute approximate surface area is 118 Å². The molecule has 2 aromatic rings. The zero-order valence-electron chi connectivity index (χ0n) is 12.2. The van der Waals surface area contributed by atoms with Gasteiger partial charge in [0.15, 0.2) is 0 Å². The Hall–Kier alpha value is -1.99. The van der Waals surface area contributed by atoms with Gasteiger partial charge in [-0.1, -0.05) is 0 Å². The van der Waals surface area contributed by atoms with Crippen LogP contribution in [0.2, 0.25) is 0 Å². The highest BCUT2D eigenvalue weighted by molar-refractivity contribution is 5.29. The third kappa shape index (κ3) is 2.63. The van der Waals surface area contributed by atoms with Crippen molar-refractivity contribution in [2.75, 3.05) is 7.11 Å². The van der Waals surface area contributed by atoms with E-state index < -0.39 is 0 Å². The van der Waals surface area contributed by atoms with Gasteiger partial charge < -0.3 is 4.74 Å². The molecule has 0 fully saturated rings. The molecule has 0 aromatic carbocycles. The number of hydrogen-bond acceptors (Lipinski definition) is 6. The van der Waals surface area contributed by atoms with Crippen molar-refractivity contribution < 1.29 is 4.74 Å². The Morgan fingerprint density at radius 2 is 2.05 bits per heavy atom. The van der Waals surface area contributed by atoms with Crippen LogP contribution in [0.15, 0.2) is 12.4 Å². The molecule has 0 saturated carbocycles. The lowest BCUT2D eigenvalue weighted by Gasteiger charge is -2.17. The first-order valence-corrected chi connectivity index (χ1v) is 6.38. The van der Waals surface area contributed by atoms with Crippen LogP contribution in [0.25, 0.3) is 0 Å². The Morgan fingerprint density at radius 3 is 2.60 bits per heavy atom. The SMILES string of the molecule is COc1nccnc1C(Cc1c(C)nn(C)c1C)NN. The molecule has 3 N–H and O–H groups in total. The number of nitrogens with two attached hydrogens (primary N) is 1. The summed E-state index contributed by atoms with van der Waals surface area (Å²) < 4.78 is 7.11. The number of nitrogens with one attached hydrogen (secondary N) is 1. The van der Waals surface area contributed by atoms with Gasteiger partial charge in [-0.25, -0.2) is 4.98 Å². The maximum absolute atomic E-state index is 5.68. The van der Waals surface area contributed by atoms with Gasteiger partial charge in [-0.3, -0.25) is 20.9 Å².